The highest BCUT2D eigenvalue weighted by atomic mass is 32.2. The Kier molecular flexibility index (Phi) is 4.55. The number of nitrogens with zero attached hydrogens (tertiary/aromatic N) is 1. The molecule has 0 amide bonds. The van der Waals surface area contributed by atoms with E-state index >= 15 is 0 Å². The predicted molar refractivity (Wildman–Crippen MR) is 86.1 cm³/mol. The Balaban J connectivity index is 1.98. The van der Waals surface area contributed by atoms with Crippen LogP contribution in [0.1, 0.15) is 30.2 Å². The summed E-state index contributed by atoms with van der Waals surface area (Å²) in [6.45, 7) is 0.770. The zero-order valence-corrected chi connectivity index (χ0v) is 13.3. The van der Waals surface area contributed by atoms with E-state index in [-0.39, 0.29) is 6.04 Å². The third-order valence-electron chi connectivity index (χ3n) is 4.16. The number of thioether (sulfide) groups is 1. The maximum atomic E-state index is 11.5. The summed E-state index contributed by atoms with van der Waals surface area (Å²) in [6, 6.07) is 11.5. The Morgan fingerprint density at radius 3 is 2.73 bits per heavy atom. The van der Waals surface area contributed by atoms with Gasteiger partial charge in [0.25, 0.3) is 0 Å². The van der Waals surface area contributed by atoms with Crippen LogP contribution in [0.4, 0.5) is 0 Å². The minimum atomic E-state index is -0.755. The van der Waals surface area contributed by atoms with Crippen molar-refractivity contribution in [3.63, 3.8) is 0 Å². The first-order valence-corrected chi connectivity index (χ1v) is 8.59. The number of benzene rings is 1. The SMILES string of the molecule is CSc1ccc(C(c2ccco2)N2CCCC2C(=O)O)cc1. The molecule has 2 heterocycles. The molecule has 1 aliphatic heterocycles. The summed E-state index contributed by atoms with van der Waals surface area (Å²) in [6.07, 6.45) is 5.27. The van der Waals surface area contributed by atoms with Crippen LogP contribution in [-0.4, -0.2) is 34.8 Å². The van der Waals surface area contributed by atoms with Gasteiger partial charge >= 0.3 is 5.97 Å². The van der Waals surface area contributed by atoms with E-state index in [1.165, 1.54) is 4.90 Å². The van der Waals surface area contributed by atoms with Gasteiger partial charge in [-0.25, -0.2) is 0 Å². The summed E-state index contributed by atoms with van der Waals surface area (Å²) >= 11 is 1.69. The molecule has 1 aliphatic rings. The third kappa shape index (κ3) is 2.91. The minimum absolute atomic E-state index is 0.144. The molecule has 0 aliphatic carbocycles. The van der Waals surface area contributed by atoms with Crippen LogP contribution in [0, 0.1) is 0 Å². The van der Waals surface area contributed by atoms with E-state index in [4.69, 9.17) is 4.42 Å². The number of furan rings is 1. The van der Waals surface area contributed by atoms with E-state index < -0.39 is 12.0 Å². The van der Waals surface area contributed by atoms with Crippen molar-refractivity contribution in [1.82, 2.24) is 4.90 Å². The normalized spacial score (nSPS) is 20.1. The van der Waals surface area contributed by atoms with Gasteiger partial charge in [0.2, 0.25) is 0 Å². The van der Waals surface area contributed by atoms with Crippen molar-refractivity contribution in [2.24, 2.45) is 0 Å². The van der Waals surface area contributed by atoms with Crippen molar-refractivity contribution in [2.45, 2.75) is 29.8 Å². The third-order valence-corrected chi connectivity index (χ3v) is 4.90. The lowest BCUT2D eigenvalue weighted by molar-refractivity contribution is -0.142. The van der Waals surface area contributed by atoms with Gasteiger partial charge in [0, 0.05) is 11.4 Å². The number of aliphatic carboxylic acids is 1. The predicted octanol–water partition coefficient (Wildman–Crippen LogP) is 3.64. The summed E-state index contributed by atoms with van der Waals surface area (Å²) in [5, 5.41) is 9.48. The Morgan fingerprint density at radius 1 is 1.36 bits per heavy atom. The zero-order valence-electron chi connectivity index (χ0n) is 12.4. The van der Waals surface area contributed by atoms with Gasteiger partial charge in [-0.05, 0) is 48.9 Å². The average molecular weight is 317 g/mol. The van der Waals surface area contributed by atoms with E-state index in [2.05, 4.69) is 24.3 Å². The molecule has 5 heteroatoms. The maximum absolute atomic E-state index is 11.5. The molecule has 0 spiro atoms. The van der Waals surface area contributed by atoms with Gasteiger partial charge in [-0.1, -0.05) is 12.1 Å². The van der Waals surface area contributed by atoms with Gasteiger partial charge in [0.1, 0.15) is 11.8 Å². The van der Waals surface area contributed by atoms with Gasteiger partial charge in [0.05, 0.1) is 12.3 Å². The number of carboxylic acid groups (broad SMARTS) is 1. The molecule has 0 saturated carbocycles. The van der Waals surface area contributed by atoms with Crippen LogP contribution < -0.4 is 0 Å². The van der Waals surface area contributed by atoms with Crippen LogP contribution in [0.3, 0.4) is 0 Å². The van der Waals surface area contributed by atoms with Crippen molar-refractivity contribution in [3.05, 3.63) is 54.0 Å². The first kappa shape index (κ1) is 15.2. The molecule has 1 aromatic carbocycles. The van der Waals surface area contributed by atoms with E-state index in [1.807, 2.05) is 23.3 Å². The lowest BCUT2D eigenvalue weighted by atomic mass is 10.0. The first-order valence-electron chi connectivity index (χ1n) is 7.36. The summed E-state index contributed by atoms with van der Waals surface area (Å²) in [5.41, 5.74) is 1.07. The highest BCUT2D eigenvalue weighted by molar-refractivity contribution is 7.98. The minimum Gasteiger partial charge on any atom is -0.480 e. The second-order valence-electron chi connectivity index (χ2n) is 5.43. The number of hydrogen-bond donors (Lipinski definition) is 1. The van der Waals surface area contributed by atoms with Crippen molar-refractivity contribution < 1.29 is 14.3 Å². The lowest BCUT2D eigenvalue weighted by Gasteiger charge is -2.30. The molecule has 2 atom stereocenters. The fraction of sp³-hybridized carbons (Fsp3) is 0.353. The molecule has 22 heavy (non-hydrogen) atoms. The molecule has 4 nitrogen and oxygen atoms in total. The smallest absolute Gasteiger partial charge is 0.320 e. The molecule has 2 unspecified atom stereocenters. The van der Waals surface area contributed by atoms with Crippen molar-refractivity contribution in [1.29, 1.82) is 0 Å². The molecule has 1 N–H and O–H groups in total. The van der Waals surface area contributed by atoms with Crippen molar-refractivity contribution >= 4 is 17.7 Å². The Bertz CT molecular complexity index is 624. The molecule has 116 valence electrons. The van der Waals surface area contributed by atoms with Crippen molar-refractivity contribution in [2.75, 3.05) is 12.8 Å². The molecular formula is C17H19NO3S. The number of hydrogen-bond acceptors (Lipinski definition) is 4. The number of likely N-dealkylation sites (tertiary alicyclic amines) is 1. The Labute approximate surface area is 134 Å². The standard InChI is InChI=1S/C17H19NO3S/c1-22-13-8-6-12(7-9-13)16(15-5-3-11-21-15)18-10-2-4-14(18)17(19)20/h3,5-9,11,14,16H,2,4,10H2,1H3,(H,19,20). The first-order chi connectivity index (χ1) is 10.7. The highest BCUT2D eigenvalue weighted by Gasteiger charge is 2.37. The molecule has 3 rings (SSSR count). The largest absolute Gasteiger partial charge is 0.480 e. The molecule has 1 saturated heterocycles. The Hall–Kier alpha value is -1.72. The van der Waals surface area contributed by atoms with Crippen LogP contribution in [0.15, 0.2) is 52.0 Å². The van der Waals surface area contributed by atoms with Gasteiger partial charge in [-0.2, -0.15) is 0 Å². The van der Waals surface area contributed by atoms with Gasteiger partial charge in [-0.3, -0.25) is 9.69 Å². The van der Waals surface area contributed by atoms with E-state index in [0.29, 0.717) is 6.42 Å². The van der Waals surface area contributed by atoms with Crippen LogP contribution in [0.25, 0.3) is 0 Å². The second kappa shape index (κ2) is 6.58. The summed E-state index contributed by atoms with van der Waals surface area (Å²) in [7, 11) is 0. The van der Waals surface area contributed by atoms with E-state index in [9.17, 15) is 9.90 Å². The van der Waals surface area contributed by atoms with Gasteiger partial charge in [-0.15, -0.1) is 11.8 Å². The summed E-state index contributed by atoms with van der Waals surface area (Å²) in [5.74, 6) is 0.0415. The van der Waals surface area contributed by atoms with Crippen LogP contribution >= 0.6 is 11.8 Å². The van der Waals surface area contributed by atoms with E-state index in [0.717, 1.165) is 24.3 Å². The number of rotatable bonds is 5. The molecule has 0 radical (unpaired) electrons. The molecule has 1 aromatic heterocycles. The topological polar surface area (TPSA) is 53.7 Å². The second-order valence-corrected chi connectivity index (χ2v) is 6.30. The molecule has 2 aromatic rings. The quantitative estimate of drug-likeness (QED) is 0.853. The molecular weight excluding hydrogens is 298 g/mol. The zero-order chi connectivity index (χ0) is 15.5. The van der Waals surface area contributed by atoms with Gasteiger partial charge in [0.15, 0.2) is 0 Å². The molecule has 0 bridgehead atoms. The fourth-order valence-corrected chi connectivity index (χ4v) is 3.52. The lowest BCUT2D eigenvalue weighted by Crippen LogP contribution is -2.39. The van der Waals surface area contributed by atoms with Crippen molar-refractivity contribution in [3.8, 4) is 0 Å². The highest BCUT2D eigenvalue weighted by Crippen LogP contribution is 2.35. The number of carbonyl (C=O) groups is 1. The fourth-order valence-electron chi connectivity index (χ4n) is 3.12. The average Bonchev–Trinajstić information content (AvgIpc) is 3.20. The van der Waals surface area contributed by atoms with Crippen LogP contribution in [-0.2, 0) is 4.79 Å². The van der Waals surface area contributed by atoms with Gasteiger partial charge < -0.3 is 9.52 Å². The number of carboxylic acids is 1. The monoisotopic (exact) mass is 317 g/mol. The molecule has 1 fully saturated rings. The van der Waals surface area contributed by atoms with Crippen LogP contribution in [0.2, 0.25) is 0 Å². The van der Waals surface area contributed by atoms with Crippen LogP contribution in [0.5, 0.6) is 0 Å². The summed E-state index contributed by atoms with van der Waals surface area (Å²) in [4.78, 5) is 14.8. The summed E-state index contributed by atoms with van der Waals surface area (Å²) < 4.78 is 5.61. The van der Waals surface area contributed by atoms with E-state index in [1.54, 1.807) is 18.0 Å². The maximum Gasteiger partial charge on any atom is 0.320 e. The Morgan fingerprint density at radius 2 is 2.14 bits per heavy atom.